The van der Waals surface area contributed by atoms with E-state index in [1.165, 1.54) is 7.11 Å². The Morgan fingerprint density at radius 3 is 2.41 bits per heavy atom. The van der Waals surface area contributed by atoms with Gasteiger partial charge in [-0.1, -0.05) is 6.92 Å². The Labute approximate surface area is 137 Å². The highest BCUT2D eigenvalue weighted by atomic mass is 35.5. The zero-order valence-corrected chi connectivity index (χ0v) is 13.7. The number of rotatable bonds is 8. The van der Waals surface area contributed by atoms with Crippen molar-refractivity contribution < 1.29 is 14.3 Å². The second kappa shape index (κ2) is 11.0. The van der Waals surface area contributed by atoms with E-state index in [2.05, 4.69) is 10.6 Å². The van der Waals surface area contributed by atoms with Crippen LogP contribution < -0.4 is 16.4 Å². The van der Waals surface area contributed by atoms with Crippen molar-refractivity contribution in [3.05, 3.63) is 29.8 Å². The van der Waals surface area contributed by atoms with Crippen molar-refractivity contribution in [2.24, 2.45) is 5.73 Å². The van der Waals surface area contributed by atoms with Gasteiger partial charge in [-0.05, 0) is 30.7 Å². The van der Waals surface area contributed by atoms with Crippen molar-refractivity contribution in [3.63, 3.8) is 0 Å². The Kier molecular flexibility index (Phi) is 10.2. The number of nitrogens with two attached hydrogens (primary N) is 1. The summed E-state index contributed by atoms with van der Waals surface area (Å²) < 4.78 is 5.06. The van der Waals surface area contributed by atoms with Gasteiger partial charge in [0.25, 0.3) is 5.91 Å². The van der Waals surface area contributed by atoms with Crippen molar-refractivity contribution in [3.8, 4) is 0 Å². The minimum atomic E-state index is -0.288. The molecular weight excluding hydrogens is 306 g/mol. The number of hydrogen-bond acceptors (Lipinski definition) is 4. The molecule has 1 unspecified atom stereocenters. The van der Waals surface area contributed by atoms with Gasteiger partial charge in [0.2, 0.25) is 5.91 Å². The molecule has 0 aliphatic heterocycles. The lowest BCUT2D eigenvalue weighted by molar-refractivity contribution is -0.118. The average molecular weight is 330 g/mol. The van der Waals surface area contributed by atoms with Crippen LogP contribution in [0.5, 0.6) is 0 Å². The van der Waals surface area contributed by atoms with Gasteiger partial charge < -0.3 is 21.1 Å². The molecular formula is C15H24ClN3O3. The number of hydrogen-bond donors (Lipinski definition) is 3. The number of nitrogens with one attached hydrogen (secondary N) is 2. The number of carbonyl (C=O) groups excluding carboxylic acids is 2. The summed E-state index contributed by atoms with van der Waals surface area (Å²) in [4.78, 5) is 23.5. The Balaban J connectivity index is 0.00000441. The Morgan fingerprint density at radius 2 is 1.91 bits per heavy atom. The average Bonchev–Trinajstić information content (AvgIpc) is 2.50. The van der Waals surface area contributed by atoms with Crippen LogP contribution in [0.25, 0.3) is 0 Å². The van der Waals surface area contributed by atoms with E-state index in [1.54, 1.807) is 24.3 Å². The predicted molar refractivity (Wildman–Crippen MR) is 89.4 cm³/mol. The molecule has 6 nitrogen and oxygen atoms in total. The van der Waals surface area contributed by atoms with Crippen LogP contribution in [0.2, 0.25) is 0 Å². The lowest BCUT2D eigenvalue weighted by Gasteiger charge is -2.12. The highest BCUT2D eigenvalue weighted by molar-refractivity contribution is 5.95. The summed E-state index contributed by atoms with van der Waals surface area (Å²) in [5, 5.41) is 5.54. The number of anilines is 1. The fraction of sp³-hybridized carbons (Fsp3) is 0.467. The summed E-state index contributed by atoms with van der Waals surface area (Å²) in [7, 11) is 1.52. The molecule has 0 bridgehead atoms. The molecule has 7 heteroatoms. The fourth-order valence-electron chi connectivity index (χ4n) is 1.73. The maximum atomic E-state index is 11.8. The highest BCUT2D eigenvalue weighted by Crippen LogP contribution is 2.10. The Bertz CT molecular complexity index is 462. The molecule has 2 amide bonds. The lowest BCUT2D eigenvalue weighted by Crippen LogP contribution is -2.28. The first-order chi connectivity index (χ1) is 10.1. The molecule has 0 aliphatic carbocycles. The zero-order valence-electron chi connectivity index (χ0n) is 12.9. The quantitative estimate of drug-likeness (QED) is 0.674. The Hall–Kier alpha value is -1.63. The molecule has 1 aromatic carbocycles. The van der Waals surface area contributed by atoms with Crippen molar-refractivity contribution in [2.45, 2.75) is 25.9 Å². The van der Waals surface area contributed by atoms with Gasteiger partial charge in [-0.3, -0.25) is 9.59 Å². The molecule has 0 saturated carbocycles. The molecule has 0 heterocycles. The van der Waals surface area contributed by atoms with Gasteiger partial charge in [0.05, 0.1) is 12.5 Å². The second-order valence-electron chi connectivity index (χ2n) is 4.68. The topological polar surface area (TPSA) is 93.5 Å². The van der Waals surface area contributed by atoms with Crippen LogP contribution in [0.1, 0.15) is 30.1 Å². The monoisotopic (exact) mass is 329 g/mol. The van der Waals surface area contributed by atoms with Crippen molar-refractivity contribution in [2.75, 3.05) is 25.5 Å². The fourth-order valence-corrected chi connectivity index (χ4v) is 1.73. The van der Waals surface area contributed by atoms with Crippen LogP contribution in [-0.4, -0.2) is 38.1 Å². The standard InChI is InChI=1S/C15H23N3O3.ClH/c1-3-8-17-15(20)11-4-6-12(7-5-11)18-14(19)9-13(10-16)21-2;/h4-7,13H,3,8-10,16H2,1-2H3,(H,17,20)(H,18,19);1H. The van der Waals surface area contributed by atoms with Crippen molar-refractivity contribution in [1.82, 2.24) is 5.32 Å². The summed E-state index contributed by atoms with van der Waals surface area (Å²) in [6, 6.07) is 6.75. The number of halogens is 1. The van der Waals surface area contributed by atoms with E-state index in [9.17, 15) is 9.59 Å². The van der Waals surface area contributed by atoms with E-state index >= 15 is 0 Å². The largest absolute Gasteiger partial charge is 0.380 e. The number of carbonyl (C=O) groups is 2. The van der Waals surface area contributed by atoms with Crippen LogP contribution in [0.4, 0.5) is 5.69 Å². The molecule has 0 saturated heterocycles. The molecule has 4 N–H and O–H groups in total. The van der Waals surface area contributed by atoms with Gasteiger partial charge in [0.15, 0.2) is 0 Å². The van der Waals surface area contributed by atoms with Gasteiger partial charge in [0, 0.05) is 31.5 Å². The molecule has 1 aromatic rings. The van der Waals surface area contributed by atoms with Crippen LogP contribution in [0.15, 0.2) is 24.3 Å². The number of methoxy groups -OCH3 is 1. The molecule has 0 spiro atoms. The molecule has 0 aliphatic rings. The number of ether oxygens (including phenoxy) is 1. The smallest absolute Gasteiger partial charge is 0.251 e. The maximum absolute atomic E-state index is 11.8. The first kappa shape index (κ1) is 20.4. The molecule has 0 fully saturated rings. The predicted octanol–water partition coefficient (Wildman–Crippen LogP) is 1.55. The third kappa shape index (κ3) is 6.89. The van der Waals surface area contributed by atoms with Gasteiger partial charge in [-0.15, -0.1) is 12.4 Å². The Morgan fingerprint density at radius 1 is 1.27 bits per heavy atom. The van der Waals surface area contributed by atoms with Crippen molar-refractivity contribution in [1.29, 1.82) is 0 Å². The highest BCUT2D eigenvalue weighted by Gasteiger charge is 2.12. The van der Waals surface area contributed by atoms with E-state index in [1.807, 2.05) is 6.92 Å². The lowest BCUT2D eigenvalue weighted by atomic mass is 10.2. The van der Waals surface area contributed by atoms with Gasteiger partial charge in [-0.2, -0.15) is 0 Å². The van der Waals surface area contributed by atoms with Crippen LogP contribution in [0.3, 0.4) is 0 Å². The summed E-state index contributed by atoms with van der Waals surface area (Å²) in [6.07, 6.45) is 0.803. The van der Waals surface area contributed by atoms with Crippen LogP contribution >= 0.6 is 12.4 Å². The zero-order chi connectivity index (χ0) is 15.7. The normalized spacial score (nSPS) is 11.2. The van der Waals surface area contributed by atoms with E-state index < -0.39 is 0 Å². The van der Waals surface area contributed by atoms with E-state index in [-0.39, 0.29) is 36.7 Å². The van der Waals surface area contributed by atoms with Crippen LogP contribution in [0, 0.1) is 0 Å². The minimum Gasteiger partial charge on any atom is -0.380 e. The third-order valence-corrected chi connectivity index (χ3v) is 2.98. The number of benzene rings is 1. The second-order valence-corrected chi connectivity index (χ2v) is 4.68. The van der Waals surface area contributed by atoms with Crippen LogP contribution in [-0.2, 0) is 9.53 Å². The molecule has 22 heavy (non-hydrogen) atoms. The first-order valence-electron chi connectivity index (χ1n) is 7.01. The molecule has 0 radical (unpaired) electrons. The van der Waals surface area contributed by atoms with E-state index in [0.717, 1.165) is 6.42 Å². The van der Waals surface area contributed by atoms with E-state index in [0.29, 0.717) is 24.3 Å². The van der Waals surface area contributed by atoms with Crippen molar-refractivity contribution >= 4 is 29.9 Å². The molecule has 1 atom stereocenters. The number of amides is 2. The summed E-state index contributed by atoms with van der Waals surface area (Å²) in [5.41, 5.74) is 6.67. The first-order valence-corrected chi connectivity index (χ1v) is 7.01. The van der Waals surface area contributed by atoms with Gasteiger partial charge >= 0.3 is 0 Å². The summed E-state index contributed by atoms with van der Waals surface area (Å²) in [6.45, 7) is 2.93. The summed E-state index contributed by atoms with van der Waals surface area (Å²) in [5.74, 6) is -0.284. The van der Waals surface area contributed by atoms with E-state index in [4.69, 9.17) is 10.5 Å². The summed E-state index contributed by atoms with van der Waals surface area (Å²) >= 11 is 0. The molecule has 124 valence electrons. The minimum absolute atomic E-state index is 0. The third-order valence-electron chi connectivity index (χ3n) is 2.98. The molecule has 0 aromatic heterocycles. The maximum Gasteiger partial charge on any atom is 0.251 e. The van der Waals surface area contributed by atoms with Gasteiger partial charge in [-0.25, -0.2) is 0 Å². The molecule has 1 rings (SSSR count). The van der Waals surface area contributed by atoms with Gasteiger partial charge in [0.1, 0.15) is 0 Å². The SMILES string of the molecule is CCCNC(=O)c1ccc(NC(=O)CC(CN)OC)cc1.Cl.